The number of amides is 2. The van der Waals surface area contributed by atoms with Gasteiger partial charge < -0.3 is 9.80 Å². The van der Waals surface area contributed by atoms with Gasteiger partial charge in [0.1, 0.15) is 0 Å². The second-order valence-electron chi connectivity index (χ2n) is 9.58. The van der Waals surface area contributed by atoms with Crippen LogP contribution in [0.5, 0.6) is 0 Å². The Morgan fingerprint density at radius 1 is 0.750 bits per heavy atom. The molecule has 0 aromatic heterocycles. The molecule has 0 radical (unpaired) electrons. The number of rotatable bonds is 10. The second-order valence-corrected chi connectivity index (χ2v) is 10.0. The summed E-state index contributed by atoms with van der Waals surface area (Å²) >= 11 is 6.05. The van der Waals surface area contributed by atoms with Crippen molar-refractivity contribution in [3.63, 3.8) is 0 Å². The first kappa shape index (κ1) is 26.0. The molecular formula is C31H35ClN2O2. The molecule has 3 aromatic carbocycles. The van der Waals surface area contributed by atoms with Gasteiger partial charge in [-0.25, -0.2) is 0 Å². The van der Waals surface area contributed by atoms with Crippen LogP contribution in [0.25, 0.3) is 0 Å². The van der Waals surface area contributed by atoms with Gasteiger partial charge in [-0.1, -0.05) is 91.5 Å². The topological polar surface area (TPSA) is 40.6 Å². The fourth-order valence-electron chi connectivity index (χ4n) is 4.98. The van der Waals surface area contributed by atoms with Gasteiger partial charge in [-0.15, -0.1) is 0 Å². The lowest BCUT2D eigenvalue weighted by molar-refractivity contribution is -0.132. The Hall–Kier alpha value is -3.11. The molecule has 0 bridgehead atoms. The molecule has 188 valence electrons. The van der Waals surface area contributed by atoms with Gasteiger partial charge in [0, 0.05) is 42.7 Å². The van der Waals surface area contributed by atoms with Crippen molar-refractivity contribution in [1.29, 1.82) is 0 Å². The molecule has 4 rings (SSSR count). The summed E-state index contributed by atoms with van der Waals surface area (Å²) in [5.41, 5.74) is 2.95. The zero-order valence-corrected chi connectivity index (χ0v) is 21.6. The molecule has 0 unspecified atom stereocenters. The maximum Gasteiger partial charge on any atom is 0.254 e. The summed E-state index contributed by atoms with van der Waals surface area (Å²) < 4.78 is 0. The lowest BCUT2D eigenvalue weighted by atomic mass is 9.93. The third kappa shape index (κ3) is 7.44. The number of benzene rings is 3. The smallest absolute Gasteiger partial charge is 0.254 e. The molecule has 0 spiro atoms. The third-order valence-electron chi connectivity index (χ3n) is 7.02. The van der Waals surface area contributed by atoms with Gasteiger partial charge >= 0.3 is 0 Å². The van der Waals surface area contributed by atoms with E-state index in [2.05, 4.69) is 24.3 Å². The van der Waals surface area contributed by atoms with Crippen molar-refractivity contribution in [3.05, 3.63) is 107 Å². The SMILES string of the molecule is O=C(CCN(C(=O)c1ccc(Cl)cc1)C1CCCCC1)N(CCc1ccccc1)Cc1ccccc1. The van der Waals surface area contributed by atoms with E-state index in [1.165, 1.54) is 12.0 Å². The zero-order chi connectivity index (χ0) is 25.2. The standard InChI is InChI=1S/C31H35ClN2O2/c32-28-18-16-27(17-19-28)31(36)34(29-14-8-3-9-15-29)23-21-30(35)33(24-26-12-6-2-7-13-26)22-20-25-10-4-1-5-11-25/h1-2,4-7,10-13,16-19,29H,3,8-9,14-15,20-24H2. The molecule has 1 fully saturated rings. The maximum atomic E-state index is 13.5. The van der Waals surface area contributed by atoms with Crippen LogP contribution in [0.3, 0.4) is 0 Å². The fourth-order valence-corrected chi connectivity index (χ4v) is 5.11. The minimum Gasteiger partial charge on any atom is -0.338 e. The van der Waals surface area contributed by atoms with E-state index in [0.717, 1.165) is 37.7 Å². The van der Waals surface area contributed by atoms with E-state index in [0.29, 0.717) is 36.6 Å². The highest BCUT2D eigenvalue weighted by Gasteiger charge is 2.27. The van der Waals surface area contributed by atoms with Crippen LogP contribution < -0.4 is 0 Å². The first-order valence-electron chi connectivity index (χ1n) is 13.0. The Morgan fingerprint density at radius 2 is 1.36 bits per heavy atom. The van der Waals surface area contributed by atoms with E-state index in [9.17, 15) is 9.59 Å². The Bertz CT molecular complexity index is 1100. The molecule has 36 heavy (non-hydrogen) atoms. The van der Waals surface area contributed by atoms with Crippen molar-refractivity contribution in [2.24, 2.45) is 0 Å². The number of hydrogen-bond donors (Lipinski definition) is 0. The zero-order valence-electron chi connectivity index (χ0n) is 20.8. The summed E-state index contributed by atoms with van der Waals surface area (Å²) in [5.74, 6) is 0.0739. The summed E-state index contributed by atoms with van der Waals surface area (Å²) in [5, 5.41) is 0.612. The summed E-state index contributed by atoms with van der Waals surface area (Å²) in [6, 6.07) is 27.6. The Labute approximate surface area is 219 Å². The van der Waals surface area contributed by atoms with Crippen LogP contribution in [0.1, 0.15) is 60.0 Å². The van der Waals surface area contributed by atoms with Crippen LogP contribution in [-0.4, -0.2) is 40.7 Å². The van der Waals surface area contributed by atoms with Gasteiger partial charge in [0.25, 0.3) is 5.91 Å². The molecule has 0 heterocycles. The van der Waals surface area contributed by atoms with Gasteiger partial charge in [0.15, 0.2) is 0 Å². The number of halogens is 1. The van der Waals surface area contributed by atoms with E-state index in [-0.39, 0.29) is 17.9 Å². The predicted molar refractivity (Wildman–Crippen MR) is 146 cm³/mol. The highest BCUT2D eigenvalue weighted by molar-refractivity contribution is 6.30. The maximum absolute atomic E-state index is 13.5. The second kappa shape index (κ2) is 13.3. The lowest BCUT2D eigenvalue weighted by Gasteiger charge is -2.35. The predicted octanol–water partition coefficient (Wildman–Crippen LogP) is 6.78. The summed E-state index contributed by atoms with van der Waals surface area (Å²) in [7, 11) is 0. The molecule has 1 aliphatic carbocycles. The van der Waals surface area contributed by atoms with Gasteiger partial charge in [-0.05, 0) is 54.7 Å². The molecule has 3 aromatic rings. The van der Waals surface area contributed by atoms with Crippen molar-refractivity contribution in [2.45, 2.75) is 57.5 Å². The van der Waals surface area contributed by atoms with Crippen LogP contribution in [0.15, 0.2) is 84.9 Å². The van der Waals surface area contributed by atoms with Crippen molar-refractivity contribution >= 4 is 23.4 Å². The van der Waals surface area contributed by atoms with Crippen molar-refractivity contribution in [3.8, 4) is 0 Å². The highest BCUT2D eigenvalue weighted by atomic mass is 35.5. The quantitative estimate of drug-likeness (QED) is 0.306. The van der Waals surface area contributed by atoms with Crippen LogP contribution in [0, 0.1) is 0 Å². The van der Waals surface area contributed by atoms with Gasteiger partial charge in [-0.3, -0.25) is 9.59 Å². The van der Waals surface area contributed by atoms with Crippen LogP contribution in [0.2, 0.25) is 5.02 Å². The summed E-state index contributed by atoms with van der Waals surface area (Å²) in [6.07, 6.45) is 6.57. The molecule has 1 aliphatic rings. The molecule has 1 saturated carbocycles. The van der Waals surface area contributed by atoms with Gasteiger partial charge in [-0.2, -0.15) is 0 Å². The molecule has 0 saturated heterocycles. The van der Waals surface area contributed by atoms with E-state index in [1.54, 1.807) is 24.3 Å². The average Bonchev–Trinajstić information content (AvgIpc) is 2.93. The monoisotopic (exact) mass is 502 g/mol. The fraction of sp³-hybridized carbons (Fsp3) is 0.355. The van der Waals surface area contributed by atoms with E-state index < -0.39 is 0 Å². The Morgan fingerprint density at radius 3 is 2.00 bits per heavy atom. The average molecular weight is 503 g/mol. The molecular weight excluding hydrogens is 468 g/mol. The minimum absolute atomic E-state index is 0.00902. The van der Waals surface area contributed by atoms with Crippen molar-refractivity contribution < 1.29 is 9.59 Å². The van der Waals surface area contributed by atoms with E-state index in [1.807, 2.05) is 46.2 Å². The molecule has 5 heteroatoms. The molecule has 0 aliphatic heterocycles. The Balaban J connectivity index is 1.46. The van der Waals surface area contributed by atoms with Crippen molar-refractivity contribution in [2.75, 3.05) is 13.1 Å². The third-order valence-corrected chi connectivity index (χ3v) is 7.27. The number of carbonyl (C=O) groups is 2. The molecule has 4 nitrogen and oxygen atoms in total. The first-order chi connectivity index (χ1) is 17.6. The lowest BCUT2D eigenvalue weighted by Crippen LogP contribution is -2.44. The Kier molecular flexibility index (Phi) is 9.57. The normalized spacial score (nSPS) is 13.8. The van der Waals surface area contributed by atoms with E-state index >= 15 is 0 Å². The molecule has 0 N–H and O–H groups in total. The van der Waals surface area contributed by atoms with Crippen molar-refractivity contribution in [1.82, 2.24) is 9.80 Å². The summed E-state index contributed by atoms with van der Waals surface area (Å²) in [4.78, 5) is 30.9. The molecule has 0 atom stereocenters. The number of hydrogen-bond acceptors (Lipinski definition) is 2. The highest BCUT2D eigenvalue weighted by Crippen LogP contribution is 2.25. The van der Waals surface area contributed by atoms with E-state index in [4.69, 9.17) is 11.6 Å². The number of carbonyl (C=O) groups excluding carboxylic acids is 2. The van der Waals surface area contributed by atoms with Crippen LogP contribution in [-0.2, 0) is 17.8 Å². The van der Waals surface area contributed by atoms with Gasteiger partial charge in [0.2, 0.25) is 5.91 Å². The minimum atomic E-state index is -0.00902. The first-order valence-corrected chi connectivity index (χ1v) is 13.4. The van der Waals surface area contributed by atoms with Gasteiger partial charge in [0.05, 0.1) is 0 Å². The largest absolute Gasteiger partial charge is 0.338 e. The molecule has 2 amide bonds. The van der Waals surface area contributed by atoms with Crippen LogP contribution in [0.4, 0.5) is 0 Å². The number of nitrogens with zero attached hydrogens (tertiary/aromatic N) is 2. The van der Waals surface area contributed by atoms with Crippen LogP contribution >= 0.6 is 11.6 Å². The summed E-state index contributed by atoms with van der Waals surface area (Å²) in [6.45, 7) is 1.65.